The molecule has 0 amide bonds. The molecular formula is C16H24O4. The molecule has 2 aliphatic rings. The summed E-state index contributed by atoms with van der Waals surface area (Å²) < 4.78 is 15.9. The summed E-state index contributed by atoms with van der Waals surface area (Å²) >= 11 is 0. The van der Waals surface area contributed by atoms with E-state index in [1.54, 1.807) is 0 Å². The fourth-order valence-corrected chi connectivity index (χ4v) is 2.39. The third kappa shape index (κ3) is 3.70. The fraction of sp³-hybridized carbons (Fsp3) is 0.688. The number of hydrogen-bond donors (Lipinski definition) is 0. The van der Waals surface area contributed by atoms with Crippen LogP contribution in [-0.4, -0.2) is 36.5 Å². The second-order valence-corrected chi connectivity index (χ2v) is 6.37. The number of methoxy groups -OCH3 is 1. The number of carbonyl (C=O) groups excluding carboxylic acids is 1. The Labute approximate surface area is 120 Å². The van der Waals surface area contributed by atoms with Gasteiger partial charge < -0.3 is 14.2 Å². The van der Waals surface area contributed by atoms with Crippen LogP contribution in [0, 0.1) is 0 Å². The van der Waals surface area contributed by atoms with Crippen molar-refractivity contribution in [2.45, 2.75) is 63.9 Å². The van der Waals surface area contributed by atoms with Crippen LogP contribution in [0.3, 0.4) is 0 Å². The van der Waals surface area contributed by atoms with Crippen LogP contribution in [0.5, 0.6) is 0 Å². The highest BCUT2D eigenvalue weighted by atomic mass is 16.6. The Kier molecular flexibility index (Phi) is 4.07. The molecule has 0 unspecified atom stereocenters. The van der Waals surface area contributed by atoms with Crippen LogP contribution in [0.1, 0.15) is 40.5 Å². The highest BCUT2D eigenvalue weighted by Gasteiger charge is 2.54. The van der Waals surface area contributed by atoms with Crippen molar-refractivity contribution in [1.29, 1.82) is 0 Å². The zero-order valence-corrected chi connectivity index (χ0v) is 12.9. The smallest absolute Gasteiger partial charge is 0.330 e. The van der Waals surface area contributed by atoms with Crippen molar-refractivity contribution in [3.05, 3.63) is 23.8 Å². The molecule has 2 fully saturated rings. The van der Waals surface area contributed by atoms with Gasteiger partial charge in [-0.1, -0.05) is 12.2 Å². The molecule has 0 N–H and O–H groups in total. The Morgan fingerprint density at radius 1 is 1.30 bits per heavy atom. The van der Waals surface area contributed by atoms with Gasteiger partial charge in [0.05, 0.1) is 24.4 Å². The monoisotopic (exact) mass is 280 g/mol. The van der Waals surface area contributed by atoms with Crippen LogP contribution in [0.25, 0.3) is 0 Å². The normalized spacial score (nSPS) is 35.1. The van der Waals surface area contributed by atoms with Crippen LogP contribution in [0.2, 0.25) is 0 Å². The topological polar surface area (TPSA) is 51.4 Å². The van der Waals surface area contributed by atoms with Crippen LogP contribution < -0.4 is 0 Å². The van der Waals surface area contributed by atoms with Gasteiger partial charge in [0.25, 0.3) is 0 Å². The Morgan fingerprint density at radius 3 is 2.50 bits per heavy atom. The molecule has 2 saturated heterocycles. The van der Waals surface area contributed by atoms with E-state index < -0.39 is 0 Å². The van der Waals surface area contributed by atoms with Crippen molar-refractivity contribution < 1.29 is 19.0 Å². The minimum absolute atomic E-state index is 0.0520. The largest absolute Gasteiger partial charge is 0.466 e. The molecule has 20 heavy (non-hydrogen) atoms. The molecule has 0 spiro atoms. The van der Waals surface area contributed by atoms with Crippen LogP contribution in [0.4, 0.5) is 0 Å². The first-order valence-corrected chi connectivity index (χ1v) is 7.07. The van der Waals surface area contributed by atoms with Gasteiger partial charge in [-0.2, -0.15) is 0 Å². The van der Waals surface area contributed by atoms with E-state index in [-0.39, 0.29) is 23.3 Å². The maximum Gasteiger partial charge on any atom is 0.330 e. The van der Waals surface area contributed by atoms with Gasteiger partial charge in [0, 0.05) is 6.08 Å². The van der Waals surface area contributed by atoms with Crippen molar-refractivity contribution in [2.75, 3.05) is 7.11 Å². The summed E-state index contributed by atoms with van der Waals surface area (Å²) in [6.45, 7) is 8.22. The first-order chi connectivity index (χ1) is 9.27. The first-order valence-electron chi connectivity index (χ1n) is 7.07. The van der Waals surface area contributed by atoms with E-state index >= 15 is 0 Å². The highest BCUT2D eigenvalue weighted by Crippen LogP contribution is 2.46. The minimum atomic E-state index is -0.334. The molecule has 0 aromatic rings. The SMILES string of the molecule is COC(=O)/C=C(C)/C=C/[C@@H]1O[C@@]1(C)CC[C@H]1OC1(C)C. The number of ether oxygens (including phenoxy) is 3. The van der Waals surface area contributed by atoms with Gasteiger partial charge in [0.2, 0.25) is 0 Å². The lowest BCUT2D eigenvalue weighted by atomic mass is 9.96. The zero-order valence-electron chi connectivity index (χ0n) is 12.9. The number of esters is 1. The molecule has 0 radical (unpaired) electrons. The quantitative estimate of drug-likeness (QED) is 0.325. The summed E-state index contributed by atoms with van der Waals surface area (Å²) in [7, 11) is 1.37. The molecule has 0 bridgehead atoms. The standard InChI is InChI=1S/C16H24O4/c1-11(10-14(17)18-5)6-7-13-16(4,20-13)9-8-12-15(2,3)19-12/h6-7,10,12-13H,8-9H2,1-5H3/b7-6+,11-10+/t12-,13+,16+/m1/s1. The van der Waals surface area contributed by atoms with E-state index in [1.807, 2.05) is 19.1 Å². The van der Waals surface area contributed by atoms with Gasteiger partial charge in [-0.15, -0.1) is 0 Å². The molecule has 4 nitrogen and oxygen atoms in total. The van der Waals surface area contributed by atoms with E-state index in [2.05, 4.69) is 25.5 Å². The Bertz CT molecular complexity index is 449. The summed E-state index contributed by atoms with van der Waals surface area (Å²) in [5.41, 5.74) is 0.835. The van der Waals surface area contributed by atoms with Crippen molar-refractivity contribution >= 4 is 5.97 Å². The molecule has 0 saturated carbocycles. The number of epoxide rings is 2. The van der Waals surface area contributed by atoms with E-state index in [0.29, 0.717) is 6.10 Å². The second-order valence-electron chi connectivity index (χ2n) is 6.37. The number of rotatable bonds is 6. The van der Waals surface area contributed by atoms with Crippen molar-refractivity contribution in [3.8, 4) is 0 Å². The molecule has 0 aromatic carbocycles. The maximum absolute atomic E-state index is 11.1. The number of carbonyl (C=O) groups is 1. The molecule has 0 aromatic heterocycles. The molecule has 2 heterocycles. The highest BCUT2D eigenvalue weighted by molar-refractivity contribution is 5.83. The van der Waals surface area contributed by atoms with Gasteiger partial charge >= 0.3 is 5.97 Å². The summed E-state index contributed by atoms with van der Waals surface area (Å²) in [6.07, 6.45) is 7.91. The summed E-state index contributed by atoms with van der Waals surface area (Å²) in [5.74, 6) is -0.334. The molecule has 4 heteroatoms. The van der Waals surface area contributed by atoms with Crippen molar-refractivity contribution in [1.82, 2.24) is 0 Å². The van der Waals surface area contributed by atoms with E-state index in [4.69, 9.17) is 9.47 Å². The van der Waals surface area contributed by atoms with E-state index in [1.165, 1.54) is 13.2 Å². The summed E-state index contributed by atoms with van der Waals surface area (Å²) in [4.78, 5) is 11.1. The predicted octanol–water partition coefficient (Wildman–Crippen LogP) is 2.78. The van der Waals surface area contributed by atoms with Crippen molar-refractivity contribution in [3.63, 3.8) is 0 Å². The second kappa shape index (κ2) is 5.34. The molecule has 3 atom stereocenters. The lowest BCUT2D eigenvalue weighted by Gasteiger charge is -2.03. The molecular weight excluding hydrogens is 256 g/mol. The lowest BCUT2D eigenvalue weighted by molar-refractivity contribution is -0.134. The molecule has 0 aliphatic carbocycles. The molecule has 112 valence electrons. The summed E-state index contributed by atoms with van der Waals surface area (Å²) in [5, 5.41) is 0. The van der Waals surface area contributed by atoms with Gasteiger partial charge in [-0.05, 0) is 46.1 Å². The van der Waals surface area contributed by atoms with Gasteiger partial charge in [0.1, 0.15) is 6.10 Å². The van der Waals surface area contributed by atoms with E-state index in [0.717, 1.165) is 18.4 Å². The average molecular weight is 280 g/mol. The van der Waals surface area contributed by atoms with Gasteiger partial charge in [-0.25, -0.2) is 4.79 Å². The van der Waals surface area contributed by atoms with Crippen LogP contribution >= 0.6 is 0 Å². The Morgan fingerprint density at radius 2 is 1.95 bits per heavy atom. The Balaban J connectivity index is 1.76. The third-order valence-corrected chi connectivity index (χ3v) is 4.09. The Hall–Kier alpha value is -1.13. The van der Waals surface area contributed by atoms with Crippen LogP contribution in [0.15, 0.2) is 23.8 Å². The van der Waals surface area contributed by atoms with E-state index in [9.17, 15) is 4.79 Å². The maximum atomic E-state index is 11.1. The van der Waals surface area contributed by atoms with Gasteiger partial charge in [0.15, 0.2) is 0 Å². The van der Waals surface area contributed by atoms with Crippen LogP contribution in [-0.2, 0) is 19.0 Å². The molecule has 2 rings (SSSR count). The fourth-order valence-electron chi connectivity index (χ4n) is 2.39. The third-order valence-electron chi connectivity index (χ3n) is 4.09. The van der Waals surface area contributed by atoms with Crippen molar-refractivity contribution in [2.24, 2.45) is 0 Å². The van der Waals surface area contributed by atoms with Gasteiger partial charge in [-0.3, -0.25) is 0 Å². The first kappa shape index (κ1) is 15.3. The number of hydrogen-bond acceptors (Lipinski definition) is 4. The molecule has 2 aliphatic heterocycles. The minimum Gasteiger partial charge on any atom is -0.466 e. The lowest BCUT2D eigenvalue weighted by Crippen LogP contribution is -2.12. The summed E-state index contributed by atoms with van der Waals surface area (Å²) in [6, 6.07) is 0. The predicted molar refractivity (Wildman–Crippen MR) is 76.4 cm³/mol. The average Bonchev–Trinajstić information content (AvgIpc) is 3.21. The zero-order chi connectivity index (χ0) is 15.0. The number of allylic oxidation sites excluding steroid dienone is 2.